The lowest BCUT2D eigenvalue weighted by Crippen LogP contribution is -2.22. The number of nitrogens with one attached hydrogen (secondary N) is 2. The van der Waals surface area contributed by atoms with Gasteiger partial charge in [-0.1, -0.05) is 30.7 Å². The summed E-state index contributed by atoms with van der Waals surface area (Å²) in [6, 6.07) is 17.1. The van der Waals surface area contributed by atoms with Crippen LogP contribution in [0.15, 0.2) is 66.0 Å². The van der Waals surface area contributed by atoms with Crippen molar-refractivity contribution in [2.45, 2.75) is 31.1 Å². The van der Waals surface area contributed by atoms with E-state index >= 15 is 0 Å². The summed E-state index contributed by atoms with van der Waals surface area (Å²) in [5.41, 5.74) is 6.48. The number of benzene rings is 2. The molecule has 6 heteroatoms. The highest BCUT2D eigenvalue weighted by molar-refractivity contribution is 7.97. The highest BCUT2D eigenvalue weighted by Gasteiger charge is 2.12. The zero-order valence-corrected chi connectivity index (χ0v) is 20.0. The first-order valence-corrected chi connectivity index (χ1v) is 12.4. The Morgan fingerprint density at radius 3 is 2.65 bits per heavy atom. The van der Waals surface area contributed by atoms with E-state index in [1.54, 1.807) is 12.4 Å². The molecule has 1 aliphatic heterocycles. The Labute approximate surface area is 204 Å². The summed E-state index contributed by atoms with van der Waals surface area (Å²) in [6.45, 7) is 4.42. The fourth-order valence-corrected chi connectivity index (χ4v) is 5.31. The quantitative estimate of drug-likeness (QED) is 0.296. The van der Waals surface area contributed by atoms with E-state index in [1.165, 1.54) is 37.2 Å². The molecule has 5 nitrogen and oxygen atoms in total. The van der Waals surface area contributed by atoms with E-state index in [-0.39, 0.29) is 0 Å². The molecular weight excluding hydrogens is 438 g/mol. The van der Waals surface area contributed by atoms with Gasteiger partial charge in [0.25, 0.3) is 0 Å². The normalized spacial score (nSPS) is 14.5. The van der Waals surface area contributed by atoms with Crippen molar-refractivity contribution in [3.63, 3.8) is 0 Å². The number of aromatic amines is 1. The summed E-state index contributed by atoms with van der Waals surface area (Å²) < 4.78 is 2.46. The molecule has 5 rings (SSSR count). The number of nitrogens with zero attached hydrogens (tertiary/aromatic N) is 3. The Hall–Kier alpha value is -3.53. The van der Waals surface area contributed by atoms with E-state index in [2.05, 4.69) is 75.1 Å². The predicted molar refractivity (Wildman–Crippen MR) is 142 cm³/mol. The van der Waals surface area contributed by atoms with Gasteiger partial charge in [-0.05, 0) is 73.2 Å². The second-order valence-electron chi connectivity index (χ2n) is 8.55. The van der Waals surface area contributed by atoms with Crippen molar-refractivity contribution < 1.29 is 0 Å². The monoisotopic (exact) mass is 465 g/mol. The van der Waals surface area contributed by atoms with Gasteiger partial charge >= 0.3 is 0 Å². The highest BCUT2D eigenvalue weighted by atomic mass is 32.2. The lowest BCUT2D eigenvalue weighted by molar-refractivity contribution is 0.380. The number of piperidine rings is 1. The molecule has 1 aliphatic rings. The number of H-pyrrole nitrogens is 1. The van der Waals surface area contributed by atoms with E-state index in [9.17, 15) is 5.26 Å². The van der Waals surface area contributed by atoms with Crippen molar-refractivity contribution in [1.29, 1.82) is 5.26 Å². The second-order valence-corrected chi connectivity index (χ2v) is 9.72. The molecule has 0 saturated carbocycles. The minimum Gasteiger partial charge on any atom is -0.361 e. The van der Waals surface area contributed by atoms with Crippen molar-refractivity contribution >= 4 is 46.4 Å². The molecule has 0 aliphatic carbocycles. The van der Waals surface area contributed by atoms with Gasteiger partial charge in [0.15, 0.2) is 0 Å². The molecule has 170 valence electrons. The lowest BCUT2D eigenvalue weighted by Gasteiger charge is -2.24. The molecule has 2 N–H and O–H groups in total. The Morgan fingerprint density at radius 2 is 1.85 bits per heavy atom. The Morgan fingerprint density at radius 1 is 1.03 bits per heavy atom. The van der Waals surface area contributed by atoms with Crippen molar-refractivity contribution in [2.24, 2.45) is 0 Å². The third kappa shape index (κ3) is 4.86. The van der Waals surface area contributed by atoms with Gasteiger partial charge in [0.05, 0.1) is 11.3 Å². The van der Waals surface area contributed by atoms with Gasteiger partial charge in [-0.2, -0.15) is 5.26 Å². The number of fused-ring (bicyclic) bond motifs is 1. The Balaban J connectivity index is 1.37. The van der Waals surface area contributed by atoms with Crippen molar-refractivity contribution in [2.75, 3.05) is 18.4 Å². The van der Waals surface area contributed by atoms with Crippen LogP contribution in [0.4, 0.5) is 11.4 Å². The average Bonchev–Trinajstić information content (AvgIpc) is 3.36. The van der Waals surface area contributed by atoms with E-state index in [1.807, 2.05) is 30.3 Å². The topological polar surface area (TPSA) is 67.7 Å². The van der Waals surface area contributed by atoms with Crippen LogP contribution < -0.4 is 5.32 Å². The average molecular weight is 466 g/mol. The highest BCUT2D eigenvalue weighted by Crippen LogP contribution is 2.31. The van der Waals surface area contributed by atoms with Crippen LogP contribution in [0.25, 0.3) is 23.1 Å². The molecular formula is C28H27N5S. The van der Waals surface area contributed by atoms with Crippen LogP contribution in [0.2, 0.25) is 0 Å². The third-order valence-corrected chi connectivity index (χ3v) is 7.35. The van der Waals surface area contributed by atoms with Crippen molar-refractivity contribution in [1.82, 2.24) is 14.3 Å². The molecule has 0 atom stereocenters. The number of hydrogen-bond acceptors (Lipinski definition) is 5. The van der Waals surface area contributed by atoms with Gasteiger partial charge in [0, 0.05) is 58.7 Å². The molecule has 1 fully saturated rings. The molecule has 0 radical (unpaired) electrons. The fourth-order valence-electron chi connectivity index (χ4n) is 4.31. The van der Waals surface area contributed by atoms with Crippen LogP contribution in [0.3, 0.4) is 0 Å². The van der Waals surface area contributed by atoms with Gasteiger partial charge in [-0.3, -0.25) is 4.98 Å². The first-order chi connectivity index (χ1) is 16.7. The van der Waals surface area contributed by atoms with Crippen LogP contribution in [0, 0.1) is 18.3 Å². The largest absolute Gasteiger partial charge is 0.361 e. The summed E-state index contributed by atoms with van der Waals surface area (Å²) >= 11 is 1.85. The number of aromatic nitrogens is 2. The van der Waals surface area contributed by atoms with Gasteiger partial charge in [0.1, 0.15) is 6.07 Å². The van der Waals surface area contributed by atoms with Crippen LogP contribution in [0.1, 0.15) is 41.5 Å². The minimum absolute atomic E-state index is 0.518. The van der Waals surface area contributed by atoms with Crippen molar-refractivity contribution in [3.05, 3.63) is 83.3 Å². The van der Waals surface area contributed by atoms with E-state index in [0.717, 1.165) is 39.0 Å². The van der Waals surface area contributed by atoms with Crippen molar-refractivity contribution in [3.8, 4) is 6.07 Å². The number of nitriles is 1. The van der Waals surface area contributed by atoms with Gasteiger partial charge in [-0.25, -0.2) is 4.31 Å². The maximum atomic E-state index is 9.71. The number of rotatable bonds is 6. The summed E-state index contributed by atoms with van der Waals surface area (Å²) in [6.07, 6.45) is 13.4. The van der Waals surface area contributed by atoms with Crippen LogP contribution in [-0.4, -0.2) is 27.4 Å². The lowest BCUT2D eigenvalue weighted by atomic mass is 10.1. The summed E-state index contributed by atoms with van der Waals surface area (Å²) in [5, 5.41) is 14.4. The van der Waals surface area contributed by atoms with Gasteiger partial charge in [0.2, 0.25) is 0 Å². The third-order valence-electron chi connectivity index (χ3n) is 6.24. The zero-order chi connectivity index (χ0) is 23.3. The van der Waals surface area contributed by atoms with E-state index in [4.69, 9.17) is 0 Å². The number of hydrogen-bond donors (Lipinski definition) is 2. The van der Waals surface area contributed by atoms with Crippen LogP contribution >= 0.6 is 11.9 Å². The maximum Gasteiger partial charge on any atom is 0.103 e. The Bertz CT molecular complexity index is 1360. The van der Waals surface area contributed by atoms with Crippen LogP contribution in [-0.2, 0) is 0 Å². The molecule has 34 heavy (non-hydrogen) atoms. The number of pyridine rings is 1. The maximum absolute atomic E-state index is 9.71. The standard InChI is InChI=1S/C28H27N5S/c1-20-25-13-14-31-27(25)12-11-26(20)32-28-22(18-30-19-23(28)17-29)8-5-21-6-9-24(10-7-21)34-33-15-3-2-4-16-33/h5-14,18-19,31H,2-4,15-16H2,1H3,(H,30,32)/b8-5+. The number of aryl methyl sites for hydroxylation is 1. The minimum atomic E-state index is 0.518. The second kappa shape index (κ2) is 10.2. The molecule has 0 unspecified atom stereocenters. The van der Waals surface area contributed by atoms with Gasteiger partial charge < -0.3 is 10.3 Å². The molecule has 4 aromatic rings. The van der Waals surface area contributed by atoms with Gasteiger partial charge in [-0.15, -0.1) is 0 Å². The Kier molecular flexibility index (Phi) is 6.66. The molecule has 0 amide bonds. The summed E-state index contributed by atoms with van der Waals surface area (Å²) in [7, 11) is 0. The zero-order valence-electron chi connectivity index (χ0n) is 19.2. The predicted octanol–water partition coefficient (Wildman–Crippen LogP) is 7.15. The smallest absolute Gasteiger partial charge is 0.103 e. The summed E-state index contributed by atoms with van der Waals surface area (Å²) in [4.78, 5) is 8.80. The molecule has 3 heterocycles. The first-order valence-electron chi connectivity index (χ1n) is 11.6. The fraction of sp³-hybridized carbons (Fsp3) is 0.214. The van der Waals surface area contributed by atoms with E-state index < -0.39 is 0 Å². The summed E-state index contributed by atoms with van der Waals surface area (Å²) in [5.74, 6) is 0. The molecule has 2 aromatic heterocycles. The van der Waals surface area contributed by atoms with Crippen LogP contribution in [0.5, 0.6) is 0 Å². The molecule has 1 saturated heterocycles. The number of anilines is 2. The first kappa shape index (κ1) is 22.3. The SMILES string of the molecule is Cc1c(Nc2c(C#N)cncc2/C=C/c2ccc(SN3CCCCC3)cc2)ccc2[nH]ccc12. The molecule has 2 aromatic carbocycles. The molecule has 0 spiro atoms. The van der Waals surface area contributed by atoms with E-state index in [0.29, 0.717) is 5.56 Å². The molecule has 0 bridgehead atoms.